The number of nitrogens with zero attached hydrogens (tertiary/aromatic N) is 3. The van der Waals surface area contributed by atoms with Crippen LogP contribution in [-0.4, -0.2) is 76.2 Å². The molecule has 0 bridgehead atoms. The summed E-state index contributed by atoms with van der Waals surface area (Å²) in [5.74, 6) is 0.0728. The first kappa shape index (κ1) is 27.8. The summed E-state index contributed by atoms with van der Waals surface area (Å²) >= 11 is 0. The number of carbonyl (C=O) groups excluding carboxylic acids is 2. The lowest BCUT2D eigenvalue weighted by molar-refractivity contribution is -0.136. The van der Waals surface area contributed by atoms with Crippen molar-refractivity contribution in [3.63, 3.8) is 0 Å². The maximum absolute atomic E-state index is 13.6. The van der Waals surface area contributed by atoms with Gasteiger partial charge in [0.25, 0.3) is 11.5 Å². The van der Waals surface area contributed by atoms with Gasteiger partial charge in [-0.15, -0.1) is 0 Å². The Morgan fingerprint density at radius 1 is 0.925 bits per heavy atom. The number of aromatic nitrogens is 1. The molecule has 2 N–H and O–H groups in total. The molecule has 0 radical (unpaired) electrons. The van der Waals surface area contributed by atoms with Gasteiger partial charge in [0.1, 0.15) is 0 Å². The molecule has 0 saturated carbocycles. The van der Waals surface area contributed by atoms with Gasteiger partial charge in [-0.05, 0) is 29.9 Å². The Morgan fingerprint density at radius 3 is 2.20 bits per heavy atom. The molecule has 210 valence electrons. The Bertz CT molecular complexity index is 1380. The fourth-order valence-corrected chi connectivity index (χ4v) is 5.70. The number of carbonyl (C=O) groups is 2. The second kappa shape index (κ2) is 12.2. The van der Waals surface area contributed by atoms with Crippen LogP contribution in [0.25, 0.3) is 11.1 Å². The molecule has 3 heterocycles. The van der Waals surface area contributed by atoms with E-state index in [9.17, 15) is 19.5 Å². The molecule has 2 aliphatic rings. The van der Waals surface area contributed by atoms with Crippen LogP contribution in [0, 0.1) is 0 Å². The highest BCUT2D eigenvalue weighted by Crippen LogP contribution is 2.28. The van der Waals surface area contributed by atoms with Gasteiger partial charge in [-0.25, -0.2) is 0 Å². The number of hydrogen-bond acceptors (Lipinski definition) is 5. The molecule has 2 aromatic carbocycles. The van der Waals surface area contributed by atoms with Gasteiger partial charge in [0, 0.05) is 63.5 Å². The van der Waals surface area contributed by atoms with E-state index in [-0.39, 0.29) is 29.8 Å². The number of pyridine rings is 1. The summed E-state index contributed by atoms with van der Waals surface area (Å²) in [6.07, 6.45) is 2.77. The molecule has 40 heavy (non-hydrogen) atoms. The zero-order valence-electron chi connectivity index (χ0n) is 23.1. The average Bonchev–Trinajstić information content (AvgIpc) is 2.99. The number of hydrogen-bond donors (Lipinski definition) is 2. The zero-order valence-corrected chi connectivity index (χ0v) is 23.1. The summed E-state index contributed by atoms with van der Waals surface area (Å²) in [6.45, 7) is 5.64. The molecule has 2 saturated heterocycles. The van der Waals surface area contributed by atoms with Gasteiger partial charge >= 0.3 is 0 Å². The second-order valence-corrected chi connectivity index (χ2v) is 11.1. The van der Waals surface area contributed by atoms with Gasteiger partial charge in [0.05, 0.1) is 17.7 Å². The summed E-state index contributed by atoms with van der Waals surface area (Å²) in [6, 6.07) is 21.0. The minimum absolute atomic E-state index is 0.0746. The quantitative estimate of drug-likeness (QED) is 0.479. The molecule has 0 aliphatic carbocycles. The van der Waals surface area contributed by atoms with Gasteiger partial charge in [-0.1, -0.05) is 67.6 Å². The van der Waals surface area contributed by atoms with Crippen LogP contribution in [0.2, 0.25) is 0 Å². The third-order valence-electron chi connectivity index (χ3n) is 8.21. The van der Waals surface area contributed by atoms with Crippen LogP contribution >= 0.6 is 0 Å². The lowest BCUT2D eigenvalue weighted by Gasteiger charge is -2.39. The van der Waals surface area contributed by atoms with Crippen LogP contribution in [0.3, 0.4) is 0 Å². The number of aliphatic hydroxyl groups is 1. The van der Waals surface area contributed by atoms with Crippen molar-refractivity contribution in [2.45, 2.75) is 44.2 Å². The summed E-state index contributed by atoms with van der Waals surface area (Å²) in [7, 11) is 0. The number of likely N-dealkylation sites (tertiary alicyclic amines) is 1. The van der Waals surface area contributed by atoms with Gasteiger partial charge in [0.2, 0.25) is 5.91 Å². The van der Waals surface area contributed by atoms with Gasteiger partial charge < -0.3 is 24.8 Å². The van der Waals surface area contributed by atoms with Crippen molar-refractivity contribution in [1.29, 1.82) is 0 Å². The summed E-state index contributed by atoms with van der Waals surface area (Å²) in [4.78, 5) is 43.5. The first-order valence-electron chi connectivity index (χ1n) is 14.2. The first-order chi connectivity index (χ1) is 19.3. The SMILES string of the molecule is CC(CC(=O)N1CCC(O)(Cn2cc(C(=O)N3CCNCC3)c(-c3ccccc3)cc2=O)CC1)c1ccccc1. The molecular weight excluding hydrogens is 504 g/mol. The van der Waals surface area contributed by atoms with E-state index in [1.807, 2.05) is 70.5 Å². The molecule has 0 spiro atoms. The van der Waals surface area contributed by atoms with Crippen molar-refractivity contribution in [2.75, 3.05) is 39.3 Å². The number of rotatable bonds is 7. The van der Waals surface area contributed by atoms with Crippen LogP contribution < -0.4 is 10.9 Å². The zero-order chi connectivity index (χ0) is 28.1. The molecule has 1 atom stereocenters. The molecule has 8 heteroatoms. The van der Waals surface area contributed by atoms with Crippen molar-refractivity contribution < 1.29 is 14.7 Å². The van der Waals surface area contributed by atoms with Crippen LogP contribution in [0.1, 0.15) is 48.0 Å². The van der Waals surface area contributed by atoms with E-state index < -0.39 is 5.60 Å². The smallest absolute Gasteiger partial charge is 0.256 e. The molecule has 2 aliphatic heterocycles. The van der Waals surface area contributed by atoms with Gasteiger partial charge in [0.15, 0.2) is 0 Å². The second-order valence-electron chi connectivity index (χ2n) is 11.1. The van der Waals surface area contributed by atoms with E-state index in [1.165, 1.54) is 10.6 Å². The predicted octanol–water partition coefficient (Wildman–Crippen LogP) is 3.11. The maximum Gasteiger partial charge on any atom is 0.256 e. The normalized spacial score (nSPS) is 17.9. The summed E-state index contributed by atoms with van der Waals surface area (Å²) in [5.41, 5.74) is 1.59. The minimum Gasteiger partial charge on any atom is -0.388 e. The Kier molecular flexibility index (Phi) is 8.47. The van der Waals surface area contributed by atoms with Gasteiger partial charge in [-0.2, -0.15) is 0 Å². The lowest BCUT2D eigenvalue weighted by atomic mass is 9.90. The van der Waals surface area contributed by atoms with Crippen molar-refractivity contribution in [3.8, 4) is 11.1 Å². The Labute approximate surface area is 235 Å². The van der Waals surface area contributed by atoms with Crippen molar-refractivity contribution in [1.82, 2.24) is 19.7 Å². The Balaban J connectivity index is 1.31. The number of nitrogens with one attached hydrogen (secondary N) is 1. The maximum atomic E-state index is 13.6. The number of amides is 2. The number of piperazine rings is 1. The standard InChI is InChI=1S/C32H38N4O4/c1-24(25-8-4-2-5-9-25)20-29(37)34-16-12-32(40,13-17-34)23-36-22-28(31(39)35-18-14-33-15-19-35)27(21-30(36)38)26-10-6-3-7-11-26/h2-11,21-22,24,33,40H,12-20,23H2,1H3. The van der Waals surface area contributed by atoms with Crippen LogP contribution in [0.15, 0.2) is 77.7 Å². The summed E-state index contributed by atoms with van der Waals surface area (Å²) in [5, 5.41) is 14.7. The van der Waals surface area contributed by atoms with E-state index in [1.54, 1.807) is 6.20 Å². The molecule has 1 unspecified atom stereocenters. The summed E-state index contributed by atoms with van der Waals surface area (Å²) < 4.78 is 1.47. The van der Waals surface area contributed by atoms with Crippen LogP contribution in [-0.2, 0) is 11.3 Å². The van der Waals surface area contributed by atoms with Crippen molar-refractivity contribution in [3.05, 3.63) is 94.4 Å². The molecule has 5 rings (SSSR count). The highest BCUT2D eigenvalue weighted by molar-refractivity contribution is 6.00. The van der Waals surface area contributed by atoms with Crippen molar-refractivity contribution >= 4 is 11.8 Å². The number of benzene rings is 2. The van der Waals surface area contributed by atoms with Gasteiger partial charge in [-0.3, -0.25) is 14.4 Å². The third-order valence-corrected chi connectivity index (χ3v) is 8.21. The average molecular weight is 543 g/mol. The highest BCUT2D eigenvalue weighted by Gasteiger charge is 2.35. The molecule has 3 aromatic rings. The molecular formula is C32H38N4O4. The fourth-order valence-electron chi connectivity index (χ4n) is 5.70. The number of piperidine rings is 1. The molecule has 2 amide bonds. The van der Waals surface area contributed by atoms with Crippen LogP contribution in [0.4, 0.5) is 0 Å². The fraction of sp³-hybridized carbons (Fsp3) is 0.406. The van der Waals surface area contributed by atoms with E-state index in [4.69, 9.17) is 0 Å². The van der Waals surface area contributed by atoms with E-state index >= 15 is 0 Å². The minimum atomic E-state index is -1.14. The van der Waals surface area contributed by atoms with Crippen LogP contribution in [0.5, 0.6) is 0 Å². The Hall–Kier alpha value is -3.75. The van der Waals surface area contributed by atoms with E-state index in [0.29, 0.717) is 56.6 Å². The highest BCUT2D eigenvalue weighted by atomic mass is 16.3. The molecule has 2 fully saturated rings. The lowest BCUT2D eigenvalue weighted by Crippen LogP contribution is -2.50. The van der Waals surface area contributed by atoms with E-state index in [0.717, 1.165) is 24.2 Å². The molecule has 1 aromatic heterocycles. The molecule has 8 nitrogen and oxygen atoms in total. The predicted molar refractivity (Wildman–Crippen MR) is 155 cm³/mol. The monoisotopic (exact) mass is 542 g/mol. The van der Waals surface area contributed by atoms with E-state index in [2.05, 4.69) is 12.2 Å². The first-order valence-corrected chi connectivity index (χ1v) is 14.2. The largest absolute Gasteiger partial charge is 0.388 e. The Morgan fingerprint density at radius 2 is 1.55 bits per heavy atom. The van der Waals surface area contributed by atoms with Crippen molar-refractivity contribution in [2.24, 2.45) is 0 Å². The third kappa shape index (κ3) is 6.35. The topological polar surface area (TPSA) is 94.9 Å².